The number of nitrogens with one attached hydrogen (secondary N) is 3. The smallest absolute Gasteiger partial charge is 0.251 e. The molecule has 1 amide bonds. The number of amides is 1. The predicted molar refractivity (Wildman–Crippen MR) is 170 cm³/mol. The van der Waals surface area contributed by atoms with E-state index in [0.717, 1.165) is 41.8 Å². The lowest BCUT2D eigenvalue weighted by Gasteiger charge is -2.25. The molecule has 0 aliphatic rings. The molecule has 0 spiro atoms. The third kappa shape index (κ3) is 9.63. The number of aromatic nitrogens is 1. The quantitative estimate of drug-likeness (QED) is 0.143. The number of carbonyl (C=O) groups excluding carboxylic acids is 1. The van der Waals surface area contributed by atoms with Crippen molar-refractivity contribution in [3.63, 3.8) is 0 Å². The van der Waals surface area contributed by atoms with Crippen LogP contribution in [0.5, 0.6) is 0 Å². The van der Waals surface area contributed by atoms with Gasteiger partial charge in [-0.25, -0.2) is 13.8 Å². The molecule has 0 fully saturated rings. The van der Waals surface area contributed by atoms with Crippen molar-refractivity contribution in [3.05, 3.63) is 107 Å². The molecule has 226 valence electrons. The molecule has 0 bridgehead atoms. The molecule has 4 rings (SSSR count). The third-order valence-electron chi connectivity index (χ3n) is 6.81. The standard InChI is InChI=1S/C32H36F2N4O2.2ClH/c1-3-11-36-31-28-17-25(9-8-24(28)10-12-37-31)32(40)38-29(16-23-14-26(33)18-27(34)15-23)30(39)20-35-19-22-7-5-6-21(4-2)13-22;;/h5-10,12-15,17-18,29-30,35,39H,3-4,11,16,19-20H2,1-2H3,(H,36,37)(H,38,40);2*1H/t29-,30-;;/m0../s1. The third-order valence-corrected chi connectivity index (χ3v) is 6.81. The number of benzene rings is 3. The lowest BCUT2D eigenvalue weighted by molar-refractivity contribution is 0.0830. The largest absolute Gasteiger partial charge is 0.390 e. The fraction of sp³-hybridized carbons (Fsp3) is 0.312. The van der Waals surface area contributed by atoms with Crippen LogP contribution < -0.4 is 16.0 Å². The van der Waals surface area contributed by atoms with Crippen LogP contribution >= 0.6 is 24.8 Å². The number of carbonyl (C=O) groups is 1. The van der Waals surface area contributed by atoms with Gasteiger partial charge in [0.2, 0.25) is 0 Å². The van der Waals surface area contributed by atoms with E-state index >= 15 is 0 Å². The maximum absolute atomic E-state index is 13.9. The summed E-state index contributed by atoms with van der Waals surface area (Å²) in [5, 5.41) is 22.3. The molecule has 1 aromatic heterocycles. The van der Waals surface area contributed by atoms with Gasteiger partial charge in [0.25, 0.3) is 5.91 Å². The average molecular weight is 620 g/mol. The van der Waals surface area contributed by atoms with Crippen molar-refractivity contribution in [2.24, 2.45) is 0 Å². The normalized spacial score (nSPS) is 12.1. The Balaban J connectivity index is 0.00000308. The summed E-state index contributed by atoms with van der Waals surface area (Å²) in [7, 11) is 0. The first-order valence-electron chi connectivity index (χ1n) is 13.7. The van der Waals surface area contributed by atoms with E-state index in [-0.39, 0.29) is 37.8 Å². The lowest BCUT2D eigenvalue weighted by atomic mass is 9.99. The van der Waals surface area contributed by atoms with Gasteiger partial charge in [-0.1, -0.05) is 44.2 Å². The lowest BCUT2D eigenvalue weighted by Crippen LogP contribution is -2.48. The highest BCUT2D eigenvalue weighted by atomic mass is 35.5. The Morgan fingerprint density at radius 1 is 0.929 bits per heavy atom. The van der Waals surface area contributed by atoms with E-state index in [2.05, 4.69) is 46.9 Å². The van der Waals surface area contributed by atoms with Gasteiger partial charge in [-0.15, -0.1) is 24.8 Å². The highest BCUT2D eigenvalue weighted by Gasteiger charge is 2.23. The van der Waals surface area contributed by atoms with E-state index in [1.807, 2.05) is 24.3 Å². The van der Waals surface area contributed by atoms with E-state index in [1.165, 1.54) is 17.7 Å². The van der Waals surface area contributed by atoms with Crippen molar-refractivity contribution < 1.29 is 18.7 Å². The van der Waals surface area contributed by atoms with Gasteiger partial charge in [-0.05, 0) is 71.7 Å². The molecule has 2 atom stereocenters. The van der Waals surface area contributed by atoms with Crippen LogP contribution in [0.4, 0.5) is 14.6 Å². The van der Waals surface area contributed by atoms with Gasteiger partial charge in [0.1, 0.15) is 17.5 Å². The fourth-order valence-electron chi connectivity index (χ4n) is 4.68. The summed E-state index contributed by atoms with van der Waals surface area (Å²) in [6, 6.07) is 17.8. The number of aryl methyl sites for hydroxylation is 1. The summed E-state index contributed by atoms with van der Waals surface area (Å²) in [5.74, 6) is -1.13. The Labute approximate surface area is 258 Å². The minimum absolute atomic E-state index is 0. The Kier molecular flexibility index (Phi) is 14.1. The van der Waals surface area contributed by atoms with Gasteiger partial charge in [-0.3, -0.25) is 4.79 Å². The maximum Gasteiger partial charge on any atom is 0.251 e. The summed E-state index contributed by atoms with van der Waals surface area (Å²) in [4.78, 5) is 17.8. The van der Waals surface area contributed by atoms with Gasteiger partial charge in [0.15, 0.2) is 0 Å². The fourth-order valence-corrected chi connectivity index (χ4v) is 4.68. The van der Waals surface area contributed by atoms with Crippen molar-refractivity contribution in [1.29, 1.82) is 0 Å². The Morgan fingerprint density at radius 2 is 1.67 bits per heavy atom. The SMILES string of the molecule is CCCNc1nccc2ccc(C(=O)N[C@@H](Cc3cc(F)cc(F)c3)[C@@H](O)CNCc3cccc(CC)c3)cc12.Cl.Cl. The molecule has 4 N–H and O–H groups in total. The second-order valence-electron chi connectivity index (χ2n) is 9.96. The summed E-state index contributed by atoms with van der Waals surface area (Å²) in [5.41, 5.74) is 3.03. The molecule has 4 aromatic rings. The molecule has 3 aromatic carbocycles. The summed E-state index contributed by atoms with van der Waals surface area (Å²) in [6.45, 7) is 5.60. The van der Waals surface area contributed by atoms with E-state index in [4.69, 9.17) is 0 Å². The number of nitrogens with zero attached hydrogens (tertiary/aromatic N) is 1. The van der Waals surface area contributed by atoms with Crippen LogP contribution in [-0.2, 0) is 19.4 Å². The van der Waals surface area contributed by atoms with Crippen LogP contribution in [0.2, 0.25) is 0 Å². The van der Waals surface area contributed by atoms with Crippen LogP contribution in [0.15, 0.2) is 72.9 Å². The Morgan fingerprint density at radius 3 is 2.38 bits per heavy atom. The Hall–Kier alpha value is -3.30. The molecule has 0 saturated heterocycles. The van der Waals surface area contributed by atoms with Crippen molar-refractivity contribution in [2.45, 2.75) is 51.8 Å². The number of anilines is 1. The van der Waals surface area contributed by atoms with Crippen molar-refractivity contribution in [2.75, 3.05) is 18.4 Å². The van der Waals surface area contributed by atoms with Crippen molar-refractivity contribution in [1.82, 2.24) is 15.6 Å². The molecule has 0 saturated carbocycles. The summed E-state index contributed by atoms with van der Waals surface area (Å²) >= 11 is 0. The number of pyridine rings is 1. The van der Waals surface area contributed by atoms with Crippen LogP contribution in [0.25, 0.3) is 10.8 Å². The van der Waals surface area contributed by atoms with Crippen LogP contribution in [0.1, 0.15) is 47.3 Å². The van der Waals surface area contributed by atoms with Crippen molar-refractivity contribution in [3.8, 4) is 0 Å². The van der Waals surface area contributed by atoms with Crippen LogP contribution in [-0.4, -0.2) is 41.2 Å². The van der Waals surface area contributed by atoms with Gasteiger partial charge in [0.05, 0.1) is 12.1 Å². The number of rotatable bonds is 13. The molecule has 42 heavy (non-hydrogen) atoms. The molecular formula is C32H38Cl2F2N4O2. The number of fused-ring (bicyclic) bond motifs is 1. The average Bonchev–Trinajstić information content (AvgIpc) is 2.95. The van der Waals surface area contributed by atoms with Crippen LogP contribution in [0.3, 0.4) is 0 Å². The molecular weight excluding hydrogens is 581 g/mol. The molecule has 6 nitrogen and oxygen atoms in total. The molecule has 0 aliphatic heterocycles. The minimum Gasteiger partial charge on any atom is -0.390 e. The maximum atomic E-state index is 13.9. The molecule has 10 heteroatoms. The zero-order valence-corrected chi connectivity index (χ0v) is 25.3. The van der Waals surface area contributed by atoms with Gasteiger partial charge in [-0.2, -0.15) is 0 Å². The van der Waals surface area contributed by atoms with E-state index in [1.54, 1.807) is 18.3 Å². The second-order valence-corrected chi connectivity index (χ2v) is 9.96. The first kappa shape index (κ1) is 34.9. The number of aliphatic hydroxyl groups excluding tert-OH is 1. The summed E-state index contributed by atoms with van der Waals surface area (Å²) in [6.07, 6.45) is 2.60. The predicted octanol–water partition coefficient (Wildman–Crippen LogP) is 6.23. The van der Waals surface area contributed by atoms with Gasteiger partial charge in [0, 0.05) is 42.8 Å². The minimum atomic E-state index is -1.02. The number of hydrogen-bond donors (Lipinski definition) is 4. The molecule has 0 unspecified atom stereocenters. The monoisotopic (exact) mass is 618 g/mol. The molecule has 0 radical (unpaired) electrons. The van der Waals surface area contributed by atoms with E-state index < -0.39 is 29.7 Å². The zero-order chi connectivity index (χ0) is 28.5. The number of hydrogen-bond acceptors (Lipinski definition) is 5. The highest BCUT2D eigenvalue weighted by Crippen LogP contribution is 2.23. The zero-order valence-electron chi connectivity index (χ0n) is 23.7. The number of aliphatic hydroxyl groups is 1. The topological polar surface area (TPSA) is 86.3 Å². The first-order chi connectivity index (χ1) is 19.4. The van der Waals surface area contributed by atoms with E-state index in [9.17, 15) is 18.7 Å². The molecule has 1 heterocycles. The first-order valence-corrected chi connectivity index (χ1v) is 13.7. The van der Waals surface area contributed by atoms with Crippen molar-refractivity contribution >= 4 is 47.3 Å². The number of halogens is 4. The second kappa shape index (κ2) is 17.0. The molecule has 0 aliphatic carbocycles. The highest BCUT2D eigenvalue weighted by molar-refractivity contribution is 6.01. The van der Waals surface area contributed by atoms with E-state index in [0.29, 0.717) is 23.5 Å². The Bertz CT molecular complexity index is 1440. The van der Waals surface area contributed by atoms with Gasteiger partial charge >= 0.3 is 0 Å². The summed E-state index contributed by atoms with van der Waals surface area (Å²) < 4.78 is 27.8. The van der Waals surface area contributed by atoms with Gasteiger partial charge < -0.3 is 21.1 Å². The van der Waals surface area contributed by atoms with Crippen LogP contribution in [0, 0.1) is 11.6 Å².